The molecule has 0 spiro atoms. The molecule has 1 atom stereocenters. The van der Waals surface area contributed by atoms with E-state index in [4.69, 9.17) is 15.3 Å². The normalized spacial score (nSPS) is 13.1. The van der Waals surface area contributed by atoms with E-state index in [1.54, 1.807) is 14.2 Å². The van der Waals surface area contributed by atoms with Gasteiger partial charge in [0.25, 0.3) is 5.91 Å². The fourth-order valence-corrected chi connectivity index (χ4v) is 1.65. The molecular formula is C11H25N3O3. The van der Waals surface area contributed by atoms with Crippen LogP contribution < -0.4 is 11.3 Å². The molecule has 0 aliphatic rings. The Morgan fingerprint density at radius 1 is 1.35 bits per heavy atom. The lowest BCUT2D eigenvalue weighted by molar-refractivity contribution is -0.129. The Morgan fingerprint density at radius 2 is 2.00 bits per heavy atom. The van der Waals surface area contributed by atoms with Crippen LogP contribution >= 0.6 is 0 Å². The lowest BCUT2D eigenvalue weighted by Crippen LogP contribution is -2.53. The summed E-state index contributed by atoms with van der Waals surface area (Å²) in [4.78, 5) is 13.7. The molecule has 0 saturated carbocycles. The Hall–Kier alpha value is -0.690. The summed E-state index contributed by atoms with van der Waals surface area (Å²) >= 11 is 0. The maximum absolute atomic E-state index is 11.7. The molecule has 0 aromatic heterocycles. The maximum Gasteiger partial charge on any atom is 0.253 e. The minimum atomic E-state index is -0.373. The van der Waals surface area contributed by atoms with Crippen LogP contribution in [0.3, 0.4) is 0 Å². The Bertz CT molecular complexity index is 212. The van der Waals surface area contributed by atoms with E-state index >= 15 is 0 Å². The molecule has 1 amide bonds. The van der Waals surface area contributed by atoms with Gasteiger partial charge in [-0.1, -0.05) is 13.8 Å². The van der Waals surface area contributed by atoms with Crippen molar-refractivity contribution in [1.82, 2.24) is 10.3 Å². The van der Waals surface area contributed by atoms with Crippen molar-refractivity contribution in [3.8, 4) is 0 Å². The molecule has 0 fully saturated rings. The molecule has 0 aliphatic heterocycles. The summed E-state index contributed by atoms with van der Waals surface area (Å²) < 4.78 is 10.1. The van der Waals surface area contributed by atoms with Gasteiger partial charge in [0.05, 0.1) is 13.2 Å². The highest BCUT2D eigenvalue weighted by Crippen LogP contribution is 2.05. The number of rotatable bonds is 9. The third-order valence-corrected chi connectivity index (χ3v) is 2.39. The summed E-state index contributed by atoms with van der Waals surface area (Å²) in [5.41, 5.74) is 2.18. The maximum atomic E-state index is 11.7. The number of nitrogens with zero attached hydrogens (tertiary/aromatic N) is 1. The predicted molar refractivity (Wildman–Crippen MR) is 66.3 cm³/mol. The number of hydrogen-bond acceptors (Lipinski definition) is 5. The van der Waals surface area contributed by atoms with E-state index in [0.29, 0.717) is 25.7 Å². The number of methoxy groups -OCH3 is 2. The SMILES string of the molecule is COCCN(CC(C)C)C(COC)C(=O)NN. The van der Waals surface area contributed by atoms with E-state index in [9.17, 15) is 4.79 Å². The quantitative estimate of drug-likeness (QED) is 0.329. The van der Waals surface area contributed by atoms with Crippen LogP contribution in [0.15, 0.2) is 0 Å². The Labute approximate surface area is 103 Å². The summed E-state index contributed by atoms with van der Waals surface area (Å²) in [6.07, 6.45) is 0. The van der Waals surface area contributed by atoms with Crippen LogP contribution in [0.25, 0.3) is 0 Å². The third kappa shape index (κ3) is 6.58. The van der Waals surface area contributed by atoms with Gasteiger partial charge in [-0.25, -0.2) is 5.84 Å². The van der Waals surface area contributed by atoms with Gasteiger partial charge in [-0.05, 0) is 5.92 Å². The zero-order valence-corrected chi connectivity index (χ0v) is 11.2. The second-order valence-corrected chi connectivity index (χ2v) is 4.36. The molecule has 0 bridgehead atoms. The van der Waals surface area contributed by atoms with Crippen molar-refractivity contribution in [2.24, 2.45) is 11.8 Å². The van der Waals surface area contributed by atoms with E-state index in [1.165, 1.54) is 0 Å². The molecule has 102 valence electrons. The van der Waals surface area contributed by atoms with E-state index < -0.39 is 0 Å². The smallest absolute Gasteiger partial charge is 0.253 e. The lowest BCUT2D eigenvalue weighted by atomic mass is 10.1. The molecule has 0 rings (SSSR count). The van der Waals surface area contributed by atoms with Crippen molar-refractivity contribution >= 4 is 5.91 Å². The molecule has 1 unspecified atom stereocenters. The first-order valence-electron chi connectivity index (χ1n) is 5.79. The molecule has 0 saturated heterocycles. The molecule has 17 heavy (non-hydrogen) atoms. The molecule has 0 aromatic rings. The van der Waals surface area contributed by atoms with Gasteiger partial charge in [-0.3, -0.25) is 15.1 Å². The largest absolute Gasteiger partial charge is 0.383 e. The first-order chi connectivity index (χ1) is 8.06. The molecular weight excluding hydrogens is 222 g/mol. The second kappa shape index (κ2) is 9.35. The minimum absolute atomic E-state index is 0.233. The molecule has 0 aromatic carbocycles. The zero-order chi connectivity index (χ0) is 13.3. The topological polar surface area (TPSA) is 76.8 Å². The summed E-state index contributed by atoms with van der Waals surface area (Å²) in [5, 5.41) is 0. The van der Waals surface area contributed by atoms with Crippen LogP contribution in [0.1, 0.15) is 13.8 Å². The first-order valence-corrected chi connectivity index (χ1v) is 5.79. The number of hydrogen-bond donors (Lipinski definition) is 2. The summed E-state index contributed by atoms with van der Waals surface area (Å²) in [7, 11) is 3.21. The van der Waals surface area contributed by atoms with Crippen LogP contribution in [-0.4, -0.2) is 57.4 Å². The average Bonchev–Trinajstić information content (AvgIpc) is 2.30. The highest BCUT2D eigenvalue weighted by molar-refractivity contribution is 5.81. The molecule has 0 heterocycles. The number of amides is 1. The van der Waals surface area contributed by atoms with E-state index in [-0.39, 0.29) is 11.9 Å². The summed E-state index contributed by atoms with van der Waals surface area (Å²) in [6.45, 7) is 6.57. The minimum Gasteiger partial charge on any atom is -0.383 e. The van der Waals surface area contributed by atoms with Gasteiger partial charge >= 0.3 is 0 Å². The Kier molecular flexibility index (Phi) is 8.97. The van der Waals surface area contributed by atoms with Crippen molar-refractivity contribution < 1.29 is 14.3 Å². The van der Waals surface area contributed by atoms with Crippen LogP contribution in [0.5, 0.6) is 0 Å². The van der Waals surface area contributed by atoms with Gasteiger partial charge in [-0.2, -0.15) is 0 Å². The standard InChI is InChI=1S/C11H25N3O3/c1-9(2)7-14(5-6-16-3)10(8-17-4)11(15)13-12/h9-10H,5-8,12H2,1-4H3,(H,13,15). The van der Waals surface area contributed by atoms with E-state index in [2.05, 4.69) is 19.3 Å². The predicted octanol–water partition coefficient (Wildman–Crippen LogP) is -0.404. The van der Waals surface area contributed by atoms with Crippen LogP contribution in [0.4, 0.5) is 0 Å². The Balaban J connectivity index is 4.59. The van der Waals surface area contributed by atoms with Crippen molar-refractivity contribution in [1.29, 1.82) is 0 Å². The third-order valence-electron chi connectivity index (χ3n) is 2.39. The zero-order valence-electron chi connectivity index (χ0n) is 11.2. The summed E-state index contributed by atoms with van der Waals surface area (Å²) in [5.74, 6) is 5.41. The number of nitrogens with two attached hydrogens (primary N) is 1. The highest BCUT2D eigenvalue weighted by atomic mass is 16.5. The van der Waals surface area contributed by atoms with Crippen LogP contribution in [0, 0.1) is 5.92 Å². The first kappa shape index (κ1) is 16.3. The number of hydrazine groups is 1. The van der Waals surface area contributed by atoms with Crippen LogP contribution in [-0.2, 0) is 14.3 Å². The highest BCUT2D eigenvalue weighted by Gasteiger charge is 2.25. The van der Waals surface area contributed by atoms with Crippen molar-refractivity contribution in [3.63, 3.8) is 0 Å². The molecule has 6 nitrogen and oxygen atoms in total. The van der Waals surface area contributed by atoms with Gasteiger partial charge in [0.15, 0.2) is 0 Å². The van der Waals surface area contributed by atoms with Crippen molar-refractivity contribution in [3.05, 3.63) is 0 Å². The van der Waals surface area contributed by atoms with Gasteiger partial charge in [0.2, 0.25) is 0 Å². The molecule has 6 heteroatoms. The summed E-state index contributed by atoms with van der Waals surface area (Å²) in [6, 6.07) is -0.373. The fraction of sp³-hybridized carbons (Fsp3) is 0.909. The van der Waals surface area contributed by atoms with Gasteiger partial charge in [0, 0.05) is 27.3 Å². The van der Waals surface area contributed by atoms with Crippen LogP contribution in [0.2, 0.25) is 0 Å². The van der Waals surface area contributed by atoms with E-state index in [0.717, 1.165) is 6.54 Å². The molecule has 0 radical (unpaired) electrons. The fourth-order valence-electron chi connectivity index (χ4n) is 1.65. The molecule has 0 aliphatic carbocycles. The number of carbonyl (C=O) groups is 1. The second-order valence-electron chi connectivity index (χ2n) is 4.36. The average molecular weight is 247 g/mol. The van der Waals surface area contributed by atoms with Gasteiger partial charge < -0.3 is 9.47 Å². The van der Waals surface area contributed by atoms with Gasteiger partial charge in [-0.15, -0.1) is 0 Å². The number of nitrogens with one attached hydrogen (secondary N) is 1. The number of carbonyl (C=O) groups excluding carboxylic acids is 1. The Morgan fingerprint density at radius 3 is 2.41 bits per heavy atom. The monoisotopic (exact) mass is 247 g/mol. The van der Waals surface area contributed by atoms with Crippen molar-refractivity contribution in [2.75, 3.05) is 40.5 Å². The number of ether oxygens (including phenoxy) is 2. The lowest BCUT2D eigenvalue weighted by Gasteiger charge is -2.30. The van der Waals surface area contributed by atoms with Gasteiger partial charge in [0.1, 0.15) is 6.04 Å². The van der Waals surface area contributed by atoms with Crippen molar-refractivity contribution in [2.45, 2.75) is 19.9 Å². The molecule has 3 N–H and O–H groups in total. The van der Waals surface area contributed by atoms with E-state index in [1.807, 2.05) is 4.90 Å².